The Morgan fingerprint density at radius 3 is 2.59 bits per heavy atom. The van der Waals surface area contributed by atoms with E-state index >= 15 is 0 Å². The van der Waals surface area contributed by atoms with Gasteiger partial charge in [-0.15, -0.1) is 0 Å². The molecule has 1 saturated carbocycles. The van der Waals surface area contributed by atoms with E-state index in [2.05, 4.69) is 31.7 Å². The minimum absolute atomic E-state index is 0.229. The Bertz CT molecular complexity index is 632. The molecule has 0 radical (unpaired) electrons. The van der Waals surface area contributed by atoms with Gasteiger partial charge in [0.05, 0.1) is 24.8 Å². The van der Waals surface area contributed by atoms with Gasteiger partial charge in [-0.1, -0.05) is 30.9 Å². The molecule has 27 heavy (non-hydrogen) atoms. The molecule has 3 rings (SSSR count). The molecule has 0 aromatic carbocycles. The Labute approximate surface area is 168 Å². The zero-order chi connectivity index (χ0) is 19.3. The third-order valence-corrected chi connectivity index (χ3v) is 6.30. The summed E-state index contributed by atoms with van der Waals surface area (Å²) in [7, 11) is 5.97. The van der Waals surface area contributed by atoms with Crippen LogP contribution >= 0.6 is 11.6 Å². The number of aromatic nitrogens is 1. The van der Waals surface area contributed by atoms with Gasteiger partial charge in [-0.25, -0.2) is 0 Å². The molecule has 0 atom stereocenters. The van der Waals surface area contributed by atoms with Crippen molar-refractivity contribution >= 4 is 17.6 Å². The highest BCUT2D eigenvalue weighted by Crippen LogP contribution is 2.34. The zero-order valence-corrected chi connectivity index (χ0v) is 17.8. The third kappa shape index (κ3) is 4.98. The maximum absolute atomic E-state index is 6.13. The van der Waals surface area contributed by atoms with E-state index in [1.165, 1.54) is 37.8 Å². The Kier molecular flexibility index (Phi) is 7.06. The highest BCUT2D eigenvalue weighted by molar-refractivity contribution is 6.30. The molecule has 0 unspecified atom stereocenters. The van der Waals surface area contributed by atoms with E-state index in [-0.39, 0.29) is 5.54 Å². The van der Waals surface area contributed by atoms with Crippen molar-refractivity contribution in [3.05, 3.63) is 23.0 Å². The molecule has 7 heteroatoms. The first kappa shape index (κ1) is 20.5. The average molecular weight is 396 g/mol. The number of nitrogens with zero attached hydrogens (tertiary/aromatic N) is 4. The summed E-state index contributed by atoms with van der Waals surface area (Å²) in [6.07, 6.45) is 8.44. The number of hydrogen-bond donors (Lipinski definition) is 1. The molecular formula is C20H34ClN5O. The molecule has 6 nitrogen and oxygen atoms in total. The molecule has 0 amide bonds. The smallest absolute Gasteiger partial charge is 0.193 e. The standard InChI is InChI=1S/C20H34ClN5O/c1-22-19(25(3)15-18-13-17(21)14-24(18)2)23-16-20(7-5-4-6-8-20)26-9-11-27-12-10-26/h13-14H,4-12,15-16H2,1-3H3,(H,22,23). The first-order valence-corrected chi connectivity index (χ1v) is 10.5. The van der Waals surface area contributed by atoms with E-state index < -0.39 is 0 Å². The maximum Gasteiger partial charge on any atom is 0.193 e. The molecule has 1 aliphatic carbocycles. The maximum atomic E-state index is 6.13. The SMILES string of the molecule is CN=C(NCC1(N2CCOCC2)CCCCC1)N(C)Cc1cc(Cl)cn1C. The molecule has 2 heterocycles. The fourth-order valence-corrected chi connectivity index (χ4v) is 4.79. The lowest BCUT2D eigenvalue weighted by molar-refractivity contribution is -0.0354. The number of halogens is 1. The summed E-state index contributed by atoms with van der Waals surface area (Å²) in [5, 5.41) is 4.45. The predicted octanol–water partition coefficient (Wildman–Crippen LogP) is 2.72. The van der Waals surface area contributed by atoms with Gasteiger partial charge in [0.25, 0.3) is 0 Å². The Hall–Kier alpha value is -1.24. The lowest BCUT2D eigenvalue weighted by atomic mass is 9.80. The van der Waals surface area contributed by atoms with Crippen molar-refractivity contribution in [3.63, 3.8) is 0 Å². The van der Waals surface area contributed by atoms with Gasteiger partial charge in [-0.2, -0.15) is 0 Å². The van der Waals surface area contributed by atoms with Gasteiger partial charge in [0.2, 0.25) is 0 Å². The van der Waals surface area contributed by atoms with E-state index in [1.54, 1.807) is 0 Å². The molecule has 0 bridgehead atoms. The van der Waals surface area contributed by atoms with E-state index in [1.807, 2.05) is 26.4 Å². The second-order valence-electron chi connectivity index (χ2n) is 7.90. The van der Waals surface area contributed by atoms with Gasteiger partial charge >= 0.3 is 0 Å². The molecular weight excluding hydrogens is 362 g/mol. The molecule has 1 aliphatic heterocycles. The predicted molar refractivity (Wildman–Crippen MR) is 111 cm³/mol. The summed E-state index contributed by atoms with van der Waals surface area (Å²) in [5.41, 5.74) is 1.40. The summed E-state index contributed by atoms with van der Waals surface area (Å²) >= 11 is 6.13. The zero-order valence-electron chi connectivity index (χ0n) is 17.0. The van der Waals surface area contributed by atoms with Gasteiger partial charge < -0.3 is 19.5 Å². The number of rotatable bonds is 5. The fourth-order valence-electron chi connectivity index (χ4n) is 4.52. The first-order valence-electron chi connectivity index (χ1n) is 10.1. The molecule has 1 aromatic rings. The third-order valence-electron chi connectivity index (χ3n) is 6.09. The van der Waals surface area contributed by atoms with Crippen LogP contribution < -0.4 is 5.32 Å². The van der Waals surface area contributed by atoms with Crippen molar-refractivity contribution in [2.75, 3.05) is 46.9 Å². The largest absolute Gasteiger partial charge is 0.379 e. The van der Waals surface area contributed by atoms with Crippen molar-refractivity contribution in [3.8, 4) is 0 Å². The Morgan fingerprint density at radius 2 is 2.00 bits per heavy atom. The lowest BCUT2D eigenvalue weighted by Crippen LogP contribution is -2.60. The molecule has 1 aromatic heterocycles. The highest BCUT2D eigenvalue weighted by Gasteiger charge is 2.38. The highest BCUT2D eigenvalue weighted by atomic mass is 35.5. The van der Waals surface area contributed by atoms with Gasteiger partial charge in [0, 0.05) is 58.2 Å². The average Bonchev–Trinajstić information content (AvgIpc) is 3.00. The van der Waals surface area contributed by atoms with E-state index in [0.29, 0.717) is 0 Å². The number of aryl methyl sites for hydroxylation is 1. The lowest BCUT2D eigenvalue weighted by Gasteiger charge is -2.48. The monoisotopic (exact) mass is 395 g/mol. The Balaban J connectivity index is 1.64. The summed E-state index contributed by atoms with van der Waals surface area (Å²) in [6.45, 7) is 5.50. The van der Waals surface area contributed by atoms with Gasteiger partial charge in [0.1, 0.15) is 0 Å². The number of guanidine groups is 1. The number of aliphatic imine (C=N–C) groups is 1. The van der Waals surface area contributed by atoms with Crippen LogP contribution in [0.5, 0.6) is 0 Å². The van der Waals surface area contributed by atoms with Crippen LogP contribution in [0.4, 0.5) is 0 Å². The molecule has 1 N–H and O–H groups in total. The molecule has 1 saturated heterocycles. The second-order valence-corrected chi connectivity index (χ2v) is 8.34. The van der Waals surface area contributed by atoms with Crippen molar-refractivity contribution < 1.29 is 4.74 Å². The van der Waals surface area contributed by atoms with Crippen molar-refractivity contribution in [2.45, 2.75) is 44.2 Å². The molecule has 0 spiro atoms. The van der Waals surface area contributed by atoms with Crippen LogP contribution in [0.3, 0.4) is 0 Å². The second kappa shape index (κ2) is 9.30. The normalized spacial score (nSPS) is 21.3. The van der Waals surface area contributed by atoms with Crippen molar-refractivity contribution in [2.24, 2.45) is 12.0 Å². The van der Waals surface area contributed by atoms with Crippen molar-refractivity contribution in [1.82, 2.24) is 19.7 Å². The minimum atomic E-state index is 0.229. The van der Waals surface area contributed by atoms with Crippen LogP contribution in [0.1, 0.15) is 37.8 Å². The number of hydrogen-bond acceptors (Lipinski definition) is 3. The van der Waals surface area contributed by atoms with Crippen molar-refractivity contribution in [1.29, 1.82) is 0 Å². The number of ether oxygens (including phenoxy) is 1. The molecule has 152 valence electrons. The van der Waals surface area contributed by atoms with Crippen LogP contribution in [0.25, 0.3) is 0 Å². The van der Waals surface area contributed by atoms with E-state index in [9.17, 15) is 0 Å². The quantitative estimate of drug-likeness (QED) is 0.615. The summed E-state index contributed by atoms with van der Waals surface area (Å²) < 4.78 is 7.66. The first-order chi connectivity index (χ1) is 13.0. The van der Waals surface area contributed by atoms with Crippen LogP contribution in [-0.2, 0) is 18.3 Å². The van der Waals surface area contributed by atoms with E-state index in [0.717, 1.165) is 50.4 Å². The minimum Gasteiger partial charge on any atom is -0.379 e. The van der Waals surface area contributed by atoms with Gasteiger partial charge in [-0.3, -0.25) is 9.89 Å². The van der Waals surface area contributed by atoms with Gasteiger partial charge in [-0.05, 0) is 18.9 Å². The molecule has 2 aliphatic rings. The molecule has 2 fully saturated rings. The summed E-state index contributed by atoms with van der Waals surface area (Å²) in [5.74, 6) is 0.936. The van der Waals surface area contributed by atoms with Gasteiger partial charge in [0.15, 0.2) is 5.96 Å². The number of morpholine rings is 1. The summed E-state index contributed by atoms with van der Waals surface area (Å²) in [4.78, 5) is 9.36. The van der Waals surface area contributed by atoms with Crippen LogP contribution in [0.2, 0.25) is 5.02 Å². The van der Waals surface area contributed by atoms with E-state index in [4.69, 9.17) is 16.3 Å². The number of nitrogens with one attached hydrogen (secondary N) is 1. The summed E-state index contributed by atoms with van der Waals surface area (Å²) in [6, 6.07) is 2.02. The van der Waals surface area contributed by atoms with Crippen LogP contribution in [0, 0.1) is 0 Å². The fraction of sp³-hybridized carbons (Fsp3) is 0.750. The van der Waals surface area contributed by atoms with Crippen LogP contribution in [0.15, 0.2) is 17.3 Å². The Morgan fingerprint density at radius 1 is 1.30 bits per heavy atom. The topological polar surface area (TPSA) is 45.0 Å². The van der Waals surface area contributed by atoms with Crippen LogP contribution in [-0.4, -0.2) is 72.8 Å².